The molecule has 0 bridgehead atoms. The molecule has 0 saturated carbocycles. The predicted octanol–water partition coefficient (Wildman–Crippen LogP) is 2.14. The lowest BCUT2D eigenvalue weighted by Gasteiger charge is -2.19. The van der Waals surface area contributed by atoms with Gasteiger partial charge in [-0.3, -0.25) is 14.4 Å². The van der Waals surface area contributed by atoms with Crippen molar-refractivity contribution in [1.82, 2.24) is 15.3 Å². The first-order valence-corrected chi connectivity index (χ1v) is 10.3. The number of carbonyl (C=O) groups excluding carboxylic acids is 2. The molecule has 1 aliphatic carbocycles. The minimum Gasteiger partial charge on any atom is -0.482 e. The Kier molecular flexibility index (Phi) is 5.81. The fraction of sp³-hybridized carbons (Fsp3) is 0.304. The molecule has 0 fully saturated rings. The number of carbonyl (C=O) groups is 2. The van der Waals surface area contributed by atoms with Crippen LogP contribution in [-0.4, -0.2) is 35.1 Å². The number of allylic oxidation sites excluding steroid dienone is 1. The molecule has 166 valence electrons. The van der Waals surface area contributed by atoms with E-state index in [1.165, 1.54) is 0 Å². The maximum atomic E-state index is 12.8. The lowest BCUT2D eigenvalue weighted by molar-refractivity contribution is -0.141. The number of amides is 1. The van der Waals surface area contributed by atoms with E-state index < -0.39 is 0 Å². The second-order valence-electron chi connectivity index (χ2n) is 7.65. The molecule has 0 unspecified atom stereocenters. The Hall–Kier alpha value is -3.88. The smallest absolute Gasteiger partial charge is 0.310 e. The van der Waals surface area contributed by atoms with Crippen LogP contribution in [-0.2, 0) is 27.3 Å². The molecule has 1 aromatic heterocycles. The van der Waals surface area contributed by atoms with Crippen molar-refractivity contribution in [1.29, 1.82) is 0 Å². The molecule has 0 saturated heterocycles. The average Bonchev–Trinajstić information content (AvgIpc) is 3.07. The molecule has 32 heavy (non-hydrogen) atoms. The highest BCUT2D eigenvalue weighted by Crippen LogP contribution is 2.32. The second-order valence-corrected chi connectivity index (χ2v) is 7.65. The summed E-state index contributed by atoms with van der Waals surface area (Å²) >= 11 is 0. The normalized spacial score (nSPS) is 14.2. The standard InChI is InChI=1S/C23H24N4O5/c1-4-31-20(29)9-15-12(2)7-17-21(15)23(30)27-22(26-17)13(3)24-10-14-5-6-18-16(8-14)25-19(28)11-32-18/h5-6,8,24H,3-4,7,9-11H2,1-2H3,(H,25,28)(H,26,27,30). The van der Waals surface area contributed by atoms with Gasteiger partial charge in [-0.15, -0.1) is 0 Å². The van der Waals surface area contributed by atoms with E-state index in [9.17, 15) is 14.4 Å². The number of H-pyrrole nitrogens is 1. The van der Waals surface area contributed by atoms with E-state index in [-0.39, 0.29) is 30.5 Å². The van der Waals surface area contributed by atoms with Gasteiger partial charge in [0.15, 0.2) is 12.4 Å². The number of hydrogen-bond acceptors (Lipinski definition) is 7. The van der Waals surface area contributed by atoms with Gasteiger partial charge in [0, 0.05) is 13.0 Å². The molecule has 0 spiro atoms. The first-order valence-electron chi connectivity index (χ1n) is 10.3. The Morgan fingerprint density at radius 1 is 1.34 bits per heavy atom. The van der Waals surface area contributed by atoms with Gasteiger partial charge in [0.05, 0.1) is 35.7 Å². The van der Waals surface area contributed by atoms with E-state index in [0.717, 1.165) is 11.1 Å². The topological polar surface area (TPSA) is 122 Å². The number of anilines is 1. The third kappa shape index (κ3) is 4.27. The lowest BCUT2D eigenvalue weighted by atomic mass is 10.1. The minimum absolute atomic E-state index is 0.00853. The van der Waals surface area contributed by atoms with Crippen LogP contribution >= 0.6 is 0 Å². The van der Waals surface area contributed by atoms with Gasteiger partial charge in [0.25, 0.3) is 11.5 Å². The zero-order valence-electron chi connectivity index (χ0n) is 18.0. The highest BCUT2D eigenvalue weighted by molar-refractivity contribution is 5.95. The summed E-state index contributed by atoms with van der Waals surface area (Å²) in [4.78, 5) is 43.6. The van der Waals surface area contributed by atoms with Crippen molar-refractivity contribution in [2.24, 2.45) is 0 Å². The van der Waals surface area contributed by atoms with Gasteiger partial charge in [-0.1, -0.05) is 18.2 Å². The third-order valence-corrected chi connectivity index (χ3v) is 5.34. The van der Waals surface area contributed by atoms with Crippen LogP contribution < -0.4 is 20.9 Å². The zero-order chi connectivity index (χ0) is 22.8. The number of rotatable bonds is 7. The van der Waals surface area contributed by atoms with E-state index in [0.29, 0.717) is 59.4 Å². The number of ether oxygens (including phenoxy) is 2. The van der Waals surface area contributed by atoms with Gasteiger partial charge in [0.1, 0.15) is 5.75 Å². The van der Waals surface area contributed by atoms with Gasteiger partial charge in [-0.05, 0) is 37.1 Å². The van der Waals surface area contributed by atoms with E-state index >= 15 is 0 Å². The van der Waals surface area contributed by atoms with Crippen LogP contribution in [0.25, 0.3) is 11.3 Å². The molecule has 1 aliphatic heterocycles. The summed E-state index contributed by atoms with van der Waals surface area (Å²) in [6.07, 6.45) is 0.549. The number of hydrogen-bond donors (Lipinski definition) is 3. The van der Waals surface area contributed by atoms with Crippen LogP contribution in [0.3, 0.4) is 0 Å². The summed E-state index contributed by atoms with van der Waals surface area (Å²) in [5, 5.41) is 5.93. The van der Waals surface area contributed by atoms with Crippen molar-refractivity contribution in [3.05, 3.63) is 63.4 Å². The molecule has 2 aromatic rings. The predicted molar refractivity (Wildman–Crippen MR) is 119 cm³/mol. The summed E-state index contributed by atoms with van der Waals surface area (Å²) in [6.45, 7) is 8.34. The van der Waals surface area contributed by atoms with E-state index in [4.69, 9.17) is 9.47 Å². The summed E-state index contributed by atoms with van der Waals surface area (Å²) < 4.78 is 10.4. The number of benzene rings is 1. The number of aromatic nitrogens is 2. The molecule has 1 amide bonds. The van der Waals surface area contributed by atoms with Crippen LogP contribution in [0.5, 0.6) is 5.75 Å². The number of esters is 1. The average molecular weight is 436 g/mol. The van der Waals surface area contributed by atoms with Crippen molar-refractivity contribution in [2.75, 3.05) is 18.5 Å². The first-order chi connectivity index (χ1) is 15.4. The fourth-order valence-corrected chi connectivity index (χ4v) is 3.80. The maximum absolute atomic E-state index is 12.8. The molecule has 2 heterocycles. The van der Waals surface area contributed by atoms with Crippen LogP contribution in [0.2, 0.25) is 0 Å². The van der Waals surface area contributed by atoms with Gasteiger partial charge < -0.3 is 25.1 Å². The summed E-state index contributed by atoms with van der Waals surface area (Å²) in [7, 11) is 0. The van der Waals surface area contributed by atoms with E-state index in [1.54, 1.807) is 13.0 Å². The molecule has 9 heteroatoms. The van der Waals surface area contributed by atoms with Gasteiger partial charge in [-0.25, -0.2) is 4.98 Å². The zero-order valence-corrected chi connectivity index (χ0v) is 18.0. The summed E-state index contributed by atoms with van der Waals surface area (Å²) in [5.41, 5.74) is 4.34. The monoisotopic (exact) mass is 436 g/mol. The second kappa shape index (κ2) is 8.70. The SMILES string of the molecule is C=C(NCc1ccc2c(c1)NC(=O)CO2)c1nc2c(c(=O)[nH]1)C(CC(=O)OCC)=C(C)C2. The van der Waals surface area contributed by atoms with Gasteiger partial charge in [-0.2, -0.15) is 0 Å². The fourth-order valence-electron chi connectivity index (χ4n) is 3.80. The summed E-state index contributed by atoms with van der Waals surface area (Å²) in [5.74, 6) is 0.404. The molecule has 4 rings (SSSR count). The van der Waals surface area contributed by atoms with Crippen molar-refractivity contribution in [3.8, 4) is 5.75 Å². The van der Waals surface area contributed by atoms with Crippen LogP contribution in [0, 0.1) is 0 Å². The van der Waals surface area contributed by atoms with E-state index in [2.05, 4.69) is 27.2 Å². The molecule has 3 N–H and O–H groups in total. The number of nitrogens with zero attached hydrogens (tertiary/aromatic N) is 1. The molecule has 1 aromatic carbocycles. The molecule has 0 radical (unpaired) electrons. The molecular weight excluding hydrogens is 412 g/mol. The highest BCUT2D eigenvalue weighted by atomic mass is 16.5. The van der Waals surface area contributed by atoms with Crippen molar-refractivity contribution < 1.29 is 19.1 Å². The maximum Gasteiger partial charge on any atom is 0.310 e. The largest absolute Gasteiger partial charge is 0.482 e. The third-order valence-electron chi connectivity index (χ3n) is 5.34. The van der Waals surface area contributed by atoms with Crippen molar-refractivity contribution >= 4 is 28.8 Å². The Bertz CT molecular complexity index is 1210. The highest BCUT2D eigenvalue weighted by Gasteiger charge is 2.26. The quantitative estimate of drug-likeness (QED) is 0.569. The van der Waals surface area contributed by atoms with Crippen molar-refractivity contribution in [2.45, 2.75) is 33.2 Å². The first kappa shape index (κ1) is 21.4. The molecule has 0 atom stereocenters. The van der Waals surface area contributed by atoms with Crippen molar-refractivity contribution in [3.63, 3.8) is 0 Å². The van der Waals surface area contributed by atoms with Crippen LogP contribution in [0.4, 0.5) is 5.69 Å². The molecule has 9 nitrogen and oxygen atoms in total. The number of aromatic amines is 1. The van der Waals surface area contributed by atoms with Crippen LogP contribution in [0.1, 0.15) is 42.9 Å². The molecular formula is C23H24N4O5. The lowest BCUT2D eigenvalue weighted by Crippen LogP contribution is -2.25. The minimum atomic E-state index is -0.365. The molecule has 2 aliphatic rings. The number of nitrogens with one attached hydrogen (secondary N) is 3. The number of fused-ring (bicyclic) bond motifs is 2. The van der Waals surface area contributed by atoms with Gasteiger partial charge in [0.2, 0.25) is 0 Å². The Morgan fingerprint density at radius 2 is 2.16 bits per heavy atom. The van der Waals surface area contributed by atoms with E-state index in [1.807, 2.05) is 19.1 Å². The Morgan fingerprint density at radius 3 is 2.94 bits per heavy atom. The van der Waals surface area contributed by atoms with Gasteiger partial charge >= 0.3 is 5.97 Å². The Labute approximate surface area is 184 Å². The Balaban J connectivity index is 1.47. The summed E-state index contributed by atoms with van der Waals surface area (Å²) in [6, 6.07) is 5.49. The van der Waals surface area contributed by atoms with Crippen LogP contribution in [0.15, 0.2) is 35.1 Å².